The van der Waals surface area contributed by atoms with Crippen molar-refractivity contribution in [3.8, 4) is 6.07 Å². The number of nitriles is 1. The molecule has 1 heterocycles. The average molecular weight is 264 g/mol. The molecule has 0 atom stereocenters. The SMILES string of the molecule is CC(C)CCOC(=O)/C(C#N)=C/C=C1/OCCN1C. The topological polar surface area (TPSA) is 62.6 Å². The summed E-state index contributed by atoms with van der Waals surface area (Å²) in [4.78, 5) is 13.6. The number of allylic oxidation sites excluding steroid dienone is 2. The smallest absolute Gasteiger partial charge is 0.348 e. The second kappa shape index (κ2) is 7.47. The highest BCUT2D eigenvalue weighted by atomic mass is 16.5. The number of carbonyl (C=O) groups is 1. The highest BCUT2D eigenvalue weighted by Gasteiger charge is 2.14. The summed E-state index contributed by atoms with van der Waals surface area (Å²) in [7, 11) is 1.89. The van der Waals surface area contributed by atoms with Crippen molar-refractivity contribution < 1.29 is 14.3 Å². The van der Waals surface area contributed by atoms with E-state index in [2.05, 4.69) is 0 Å². The van der Waals surface area contributed by atoms with Crippen molar-refractivity contribution in [1.29, 1.82) is 5.26 Å². The van der Waals surface area contributed by atoms with Crippen LogP contribution in [0.3, 0.4) is 0 Å². The first-order valence-electron chi connectivity index (χ1n) is 6.37. The van der Waals surface area contributed by atoms with Gasteiger partial charge in [-0.1, -0.05) is 13.8 Å². The lowest BCUT2D eigenvalue weighted by Gasteiger charge is -2.08. The molecule has 1 aliphatic heterocycles. The van der Waals surface area contributed by atoms with Gasteiger partial charge in [-0.2, -0.15) is 5.26 Å². The van der Waals surface area contributed by atoms with Gasteiger partial charge in [0.05, 0.1) is 13.2 Å². The van der Waals surface area contributed by atoms with Gasteiger partial charge in [0.2, 0.25) is 0 Å². The second-order valence-electron chi connectivity index (χ2n) is 4.79. The molecule has 0 aliphatic carbocycles. The van der Waals surface area contributed by atoms with E-state index in [-0.39, 0.29) is 5.57 Å². The average Bonchev–Trinajstić information content (AvgIpc) is 2.75. The van der Waals surface area contributed by atoms with Gasteiger partial charge >= 0.3 is 5.97 Å². The van der Waals surface area contributed by atoms with Crippen molar-refractivity contribution in [2.24, 2.45) is 5.92 Å². The summed E-state index contributed by atoms with van der Waals surface area (Å²) in [5.74, 6) is 0.536. The molecule has 19 heavy (non-hydrogen) atoms. The van der Waals surface area contributed by atoms with Gasteiger partial charge in [-0.15, -0.1) is 0 Å². The Kier molecular flexibility index (Phi) is 5.94. The molecule has 5 nitrogen and oxygen atoms in total. The number of rotatable bonds is 5. The van der Waals surface area contributed by atoms with Gasteiger partial charge in [0.1, 0.15) is 18.2 Å². The number of hydrogen-bond acceptors (Lipinski definition) is 5. The van der Waals surface area contributed by atoms with E-state index in [0.29, 0.717) is 25.0 Å². The number of carbonyl (C=O) groups excluding carboxylic acids is 1. The number of hydrogen-bond donors (Lipinski definition) is 0. The molecule has 0 aromatic rings. The van der Waals surface area contributed by atoms with Crippen molar-refractivity contribution in [1.82, 2.24) is 4.90 Å². The Labute approximate surface area is 114 Å². The van der Waals surface area contributed by atoms with E-state index < -0.39 is 5.97 Å². The van der Waals surface area contributed by atoms with Crippen LogP contribution in [0.15, 0.2) is 23.6 Å². The molecule has 0 radical (unpaired) electrons. The summed E-state index contributed by atoms with van der Waals surface area (Å²) in [6, 6.07) is 1.85. The minimum atomic E-state index is -0.583. The highest BCUT2D eigenvalue weighted by Crippen LogP contribution is 2.11. The Morgan fingerprint density at radius 3 is 2.89 bits per heavy atom. The van der Waals surface area contributed by atoms with Crippen molar-refractivity contribution in [2.45, 2.75) is 20.3 Å². The van der Waals surface area contributed by atoms with Crippen LogP contribution in [0.2, 0.25) is 0 Å². The van der Waals surface area contributed by atoms with Crippen LogP contribution in [0.25, 0.3) is 0 Å². The van der Waals surface area contributed by atoms with Gasteiger partial charge < -0.3 is 14.4 Å². The van der Waals surface area contributed by atoms with Crippen LogP contribution in [0.5, 0.6) is 0 Å². The maximum Gasteiger partial charge on any atom is 0.348 e. The quantitative estimate of drug-likeness (QED) is 0.430. The first kappa shape index (κ1) is 15.1. The molecular weight excluding hydrogens is 244 g/mol. The second-order valence-corrected chi connectivity index (χ2v) is 4.79. The molecular formula is C14H20N2O3. The Hall–Kier alpha value is -1.96. The Morgan fingerprint density at radius 1 is 1.63 bits per heavy atom. The van der Waals surface area contributed by atoms with E-state index >= 15 is 0 Å². The van der Waals surface area contributed by atoms with Crippen LogP contribution in [0, 0.1) is 17.2 Å². The van der Waals surface area contributed by atoms with Crippen LogP contribution in [-0.2, 0) is 14.3 Å². The molecule has 0 aromatic heterocycles. The summed E-state index contributed by atoms with van der Waals surface area (Å²) in [6.07, 6.45) is 3.85. The van der Waals surface area contributed by atoms with Crippen LogP contribution in [0.1, 0.15) is 20.3 Å². The van der Waals surface area contributed by atoms with E-state index in [1.807, 2.05) is 31.9 Å². The molecule has 0 unspecified atom stereocenters. The minimum absolute atomic E-state index is 0.0137. The molecule has 1 aliphatic rings. The van der Waals surface area contributed by atoms with Crippen molar-refractivity contribution >= 4 is 5.97 Å². The van der Waals surface area contributed by atoms with E-state index in [0.717, 1.165) is 13.0 Å². The molecule has 1 fully saturated rings. The predicted molar refractivity (Wildman–Crippen MR) is 70.8 cm³/mol. The van der Waals surface area contributed by atoms with E-state index in [1.165, 1.54) is 6.08 Å². The van der Waals surface area contributed by atoms with Gasteiger partial charge in [-0.25, -0.2) is 4.79 Å². The van der Waals surface area contributed by atoms with Crippen molar-refractivity contribution in [3.63, 3.8) is 0 Å². The lowest BCUT2D eigenvalue weighted by atomic mass is 10.1. The fraction of sp³-hybridized carbons (Fsp3) is 0.571. The van der Waals surface area contributed by atoms with Gasteiger partial charge in [0, 0.05) is 7.05 Å². The first-order valence-corrected chi connectivity index (χ1v) is 6.37. The van der Waals surface area contributed by atoms with Crippen LogP contribution >= 0.6 is 0 Å². The molecule has 5 heteroatoms. The summed E-state index contributed by atoms with van der Waals surface area (Å²) < 4.78 is 10.4. The van der Waals surface area contributed by atoms with Crippen molar-refractivity contribution in [2.75, 3.05) is 26.8 Å². The molecule has 1 saturated heterocycles. The number of nitrogens with zero attached hydrogens (tertiary/aromatic N) is 2. The number of esters is 1. The Balaban J connectivity index is 2.57. The molecule has 104 valence electrons. The third kappa shape index (κ3) is 5.04. The summed E-state index contributed by atoms with van der Waals surface area (Å²) in [5, 5.41) is 8.94. The van der Waals surface area contributed by atoms with Gasteiger partial charge in [-0.05, 0) is 24.5 Å². The fourth-order valence-electron chi connectivity index (χ4n) is 1.45. The van der Waals surface area contributed by atoms with Gasteiger partial charge in [0.25, 0.3) is 0 Å². The van der Waals surface area contributed by atoms with Crippen LogP contribution in [0.4, 0.5) is 0 Å². The van der Waals surface area contributed by atoms with Crippen molar-refractivity contribution in [3.05, 3.63) is 23.6 Å². The zero-order valence-electron chi connectivity index (χ0n) is 11.7. The third-order valence-electron chi connectivity index (χ3n) is 2.71. The van der Waals surface area contributed by atoms with E-state index in [9.17, 15) is 4.79 Å². The molecule has 0 bridgehead atoms. The maximum atomic E-state index is 11.6. The molecule has 0 amide bonds. The van der Waals surface area contributed by atoms with Gasteiger partial charge in [-0.3, -0.25) is 0 Å². The predicted octanol–water partition coefficient (Wildman–Crippen LogP) is 1.83. The molecule has 1 rings (SSSR count). The van der Waals surface area contributed by atoms with Crippen LogP contribution < -0.4 is 0 Å². The number of likely N-dealkylation sites (N-methyl/N-ethyl adjacent to an activating group) is 1. The summed E-state index contributed by atoms with van der Waals surface area (Å²) in [6.45, 7) is 5.86. The summed E-state index contributed by atoms with van der Waals surface area (Å²) in [5.41, 5.74) is -0.0137. The zero-order chi connectivity index (χ0) is 14.3. The van der Waals surface area contributed by atoms with Crippen LogP contribution in [-0.4, -0.2) is 37.7 Å². The monoisotopic (exact) mass is 264 g/mol. The molecule has 0 aromatic carbocycles. The lowest BCUT2D eigenvalue weighted by Crippen LogP contribution is -2.11. The fourth-order valence-corrected chi connectivity index (χ4v) is 1.45. The standard InChI is InChI=1S/C14H20N2O3/c1-11(2)6-8-19-14(17)12(10-15)4-5-13-16(3)7-9-18-13/h4-5,11H,6-9H2,1-3H3/b12-4+,13-5+. The maximum absolute atomic E-state index is 11.6. The van der Waals surface area contributed by atoms with Gasteiger partial charge in [0.15, 0.2) is 5.88 Å². The lowest BCUT2D eigenvalue weighted by molar-refractivity contribution is -0.138. The minimum Gasteiger partial charge on any atom is -0.477 e. The Bertz CT molecular complexity index is 419. The summed E-state index contributed by atoms with van der Waals surface area (Å²) >= 11 is 0. The van der Waals surface area contributed by atoms with E-state index in [4.69, 9.17) is 14.7 Å². The van der Waals surface area contributed by atoms with E-state index in [1.54, 1.807) is 6.08 Å². The largest absolute Gasteiger partial charge is 0.477 e. The zero-order valence-corrected chi connectivity index (χ0v) is 11.7. The molecule has 0 saturated carbocycles. The molecule has 0 spiro atoms. The normalized spacial score (nSPS) is 17.5. The number of ether oxygens (including phenoxy) is 2. The highest BCUT2D eigenvalue weighted by molar-refractivity contribution is 5.93. The third-order valence-corrected chi connectivity index (χ3v) is 2.71. The molecule has 0 N–H and O–H groups in total. The first-order chi connectivity index (χ1) is 9.04. The Morgan fingerprint density at radius 2 is 2.37 bits per heavy atom.